The third-order valence-electron chi connectivity index (χ3n) is 3.04. The summed E-state index contributed by atoms with van der Waals surface area (Å²) in [5.41, 5.74) is 2.15. The molecule has 1 heterocycles. The zero-order valence-corrected chi connectivity index (χ0v) is 11.6. The minimum Gasteiger partial charge on any atom is -0.379 e. The first kappa shape index (κ1) is 14.1. The summed E-state index contributed by atoms with van der Waals surface area (Å²) in [6.07, 6.45) is 2.89. The maximum Gasteiger partial charge on any atom is 0.0640 e. The number of methoxy groups -OCH3 is 1. The Morgan fingerprint density at radius 1 is 1.41 bits per heavy atom. The molecule has 1 atom stereocenters. The normalized spacial score (nSPS) is 13.7. The Morgan fingerprint density at radius 2 is 2.12 bits per heavy atom. The Labute approximate surface area is 105 Å². The van der Waals surface area contributed by atoms with Crippen LogP contribution < -0.4 is 5.32 Å². The number of nitrogens with one attached hydrogen (secondary N) is 1. The third-order valence-corrected chi connectivity index (χ3v) is 3.04. The minimum atomic E-state index is -0.127. The maximum absolute atomic E-state index is 5.50. The summed E-state index contributed by atoms with van der Waals surface area (Å²) < 4.78 is 5.50. The number of aryl methyl sites for hydroxylation is 1. The van der Waals surface area contributed by atoms with Crippen LogP contribution in [-0.4, -0.2) is 24.2 Å². The van der Waals surface area contributed by atoms with Gasteiger partial charge in [-0.25, -0.2) is 0 Å². The lowest BCUT2D eigenvalue weighted by atomic mass is 9.94. The van der Waals surface area contributed by atoms with Gasteiger partial charge in [-0.2, -0.15) is 0 Å². The number of nitrogens with zero attached hydrogens (tertiary/aromatic N) is 1. The number of hydrogen-bond donors (Lipinski definition) is 1. The van der Waals surface area contributed by atoms with E-state index in [9.17, 15) is 0 Å². The summed E-state index contributed by atoms with van der Waals surface area (Å²) in [5.74, 6) is 0. The number of rotatable bonds is 6. The highest BCUT2D eigenvalue weighted by atomic mass is 16.5. The van der Waals surface area contributed by atoms with Gasteiger partial charge in [0.05, 0.1) is 5.60 Å². The van der Waals surface area contributed by atoms with Crippen LogP contribution in [0.25, 0.3) is 0 Å². The molecule has 0 radical (unpaired) electrons. The number of aromatic nitrogens is 1. The van der Waals surface area contributed by atoms with E-state index >= 15 is 0 Å². The van der Waals surface area contributed by atoms with Crippen molar-refractivity contribution in [1.29, 1.82) is 0 Å². The zero-order valence-electron chi connectivity index (χ0n) is 11.6. The fourth-order valence-corrected chi connectivity index (χ4v) is 1.81. The second-order valence-corrected chi connectivity index (χ2v) is 5.01. The first-order valence-electron chi connectivity index (χ1n) is 6.19. The molecule has 0 saturated carbocycles. The molecule has 0 bridgehead atoms. The summed E-state index contributed by atoms with van der Waals surface area (Å²) >= 11 is 0. The smallest absolute Gasteiger partial charge is 0.0640 e. The summed E-state index contributed by atoms with van der Waals surface area (Å²) in [7, 11) is 1.76. The summed E-state index contributed by atoms with van der Waals surface area (Å²) in [5, 5.41) is 3.49. The Kier molecular flexibility index (Phi) is 5.09. The first-order chi connectivity index (χ1) is 7.98. The van der Waals surface area contributed by atoms with Crippen molar-refractivity contribution >= 4 is 0 Å². The number of ether oxygens (including phenoxy) is 1. The van der Waals surface area contributed by atoms with Crippen LogP contribution in [0.4, 0.5) is 0 Å². The second-order valence-electron chi connectivity index (χ2n) is 5.01. The highest BCUT2D eigenvalue weighted by Gasteiger charge is 2.23. The molecule has 3 nitrogen and oxygen atoms in total. The number of pyridine rings is 1. The van der Waals surface area contributed by atoms with Crippen LogP contribution in [0.2, 0.25) is 0 Å². The van der Waals surface area contributed by atoms with Crippen LogP contribution in [0, 0.1) is 6.92 Å². The van der Waals surface area contributed by atoms with E-state index in [1.165, 1.54) is 5.56 Å². The predicted molar refractivity (Wildman–Crippen MR) is 71.1 cm³/mol. The molecule has 0 fully saturated rings. The molecule has 96 valence electrons. The molecule has 0 saturated heterocycles. The van der Waals surface area contributed by atoms with Crippen molar-refractivity contribution < 1.29 is 4.74 Å². The van der Waals surface area contributed by atoms with Crippen molar-refractivity contribution in [2.45, 2.75) is 45.8 Å². The van der Waals surface area contributed by atoms with Crippen LogP contribution >= 0.6 is 0 Å². The van der Waals surface area contributed by atoms with Crippen LogP contribution in [0.1, 0.15) is 44.5 Å². The van der Waals surface area contributed by atoms with E-state index < -0.39 is 0 Å². The summed E-state index contributed by atoms with van der Waals surface area (Å²) in [4.78, 5) is 4.36. The van der Waals surface area contributed by atoms with E-state index in [0.717, 1.165) is 18.7 Å². The Balaban J connectivity index is 2.81. The van der Waals surface area contributed by atoms with Crippen molar-refractivity contribution in [3.8, 4) is 0 Å². The van der Waals surface area contributed by atoms with Gasteiger partial charge in [0.15, 0.2) is 0 Å². The van der Waals surface area contributed by atoms with Gasteiger partial charge in [-0.3, -0.25) is 4.98 Å². The van der Waals surface area contributed by atoms with Gasteiger partial charge in [-0.15, -0.1) is 0 Å². The molecule has 1 aromatic heterocycles. The first-order valence-corrected chi connectivity index (χ1v) is 6.19. The molecule has 1 N–H and O–H groups in total. The average molecular weight is 236 g/mol. The molecule has 1 aromatic rings. The molecule has 1 rings (SSSR count). The topological polar surface area (TPSA) is 34.1 Å². The molecule has 3 heteroatoms. The molecule has 0 spiro atoms. The molecule has 0 aliphatic carbocycles. The molecule has 0 aliphatic heterocycles. The van der Waals surface area contributed by atoms with E-state index in [2.05, 4.69) is 43.2 Å². The van der Waals surface area contributed by atoms with E-state index in [-0.39, 0.29) is 5.60 Å². The highest BCUT2D eigenvalue weighted by molar-refractivity contribution is 5.17. The zero-order chi connectivity index (χ0) is 12.9. The summed E-state index contributed by atoms with van der Waals surface area (Å²) in [6, 6.07) is 4.49. The Hall–Kier alpha value is -0.930. The van der Waals surface area contributed by atoms with Crippen molar-refractivity contribution in [3.05, 3.63) is 29.6 Å². The van der Waals surface area contributed by atoms with Gasteiger partial charge >= 0.3 is 0 Å². The van der Waals surface area contributed by atoms with Crippen LogP contribution in [-0.2, 0) is 4.74 Å². The van der Waals surface area contributed by atoms with Crippen LogP contribution in [0.3, 0.4) is 0 Å². The lowest BCUT2D eigenvalue weighted by molar-refractivity contribution is 0.00695. The van der Waals surface area contributed by atoms with Gasteiger partial charge in [-0.05, 0) is 45.4 Å². The van der Waals surface area contributed by atoms with E-state index in [1.807, 2.05) is 13.1 Å². The van der Waals surface area contributed by atoms with Crippen molar-refractivity contribution in [1.82, 2.24) is 10.3 Å². The van der Waals surface area contributed by atoms with Gasteiger partial charge in [0, 0.05) is 25.0 Å². The third kappa shape index (κ3) is 4.44. The van der Waals surface area contributed by atoms with Crippen molar-refractivity contribution in [3.63, 3.8) is 0 Å². The second kappa shape index (κ2) is 6.12. The Morgan fingerprint density at radius 3 is 2.59 bits per heavy atom. The molecular formula is C14H24N2O. The molecule has 1 unspecified atom stereocenters. The highest BCUT2D eigenvalue weighted by Crippen LogP contribution is 2.25. The van der Waals surface area contributed by atoms with Crippen molar-refractivity contribution in [2.75, 3.05) is 13.7 Å². The van der Waals surface area contributed by atoms with Gasteiger partial charge in [0.2, 0.25) is 0 Å². The van der Waals surface area contributed by atoms with Gasteiger partial charge < -0.3 is 10.1 Å². The van der Waals surface area contributed by atoms with Crippen LogP contribution in [0.15, 0.2) is 18.3 Å². The van der Waals surface area contributed by atoms with Gasteiger partial charge in [0.25, 0.3) is 0 Å². The standard InChI is InChI=1S/C14H24N2O/c1-6-15-13(9-14(3,4)17-5)12-8-7-11(2)16-10-12/h7-8,10,13,15H,6,9H2,1-5H3. The molecule has 0 aliphatic rings. The lowest BCUT2D eigenvalue weighted by Crippen LogP contribution is -2.32. The van der Waals surface area contributed by atoms with Gasteiger partial charge in [0.1, 0.15) is 0 Å². The molecular weight excluding hydrogens is 212 g/mol. The SMILES string of the molecule is CCNC(CC(C)(C)OC)c1ccc(C)nc1. The largest absolute Gasteiger partial charge is 0.379 e. The summed E-state index contributed by atoms with van der Waals surface area (Å²) in [6.45, 7) is 9.29. The minimum absolute atomic E-state index is 0.127. The molecule has 17 heavy (non-hydrogen) atoms. The molecule has 0 aromatic carbocycles. The quantitative estimate of drug-likeness (QED) is 0.824. The van der Waals surface area contributed by atoms with E-state index in [0.29, 0.717) is 6.04 Å². The predicted octanol–water partition coefficient (Wildman–Crippen LogP) is 2.86. The Bertz CT molecular complexity index is 333. The van der Waals surface area contributed by atoms with E-state index in [4.69, 9.17) is 4.74 Å². The lowest BCUT2D eigenvalue weighted by Gasteiger charge is -2.29. The molecule has 0 amide bonds. The fourth-order valence-electron chi connectivity index (χ4n) is 1.81. The number of hydrogen-bond acceptors (Lipinski definition) is 3. The van der Waals surface area contributed by atoms with Crippen LogP contribution in [0.5, 0.6) is 0 Å². The fraction of sp³-hybridized carbons (Fsp3) is 0.643. The van der Waals surface area contributed by atoms with Crippen molar-refractivity contribution in [2.24, 2.45) is 0 Å². The van der Waals surface area contributed by atoms with E-state index in [1.54, 1.807) is 7.11 Å². The average Bonchev–Trinajstić information content (AvgIpc) is 2.29. The maximum atomic E-state index is 5.50. The monoisotopic (exact) mass is 236 g/mol. The van der Waals surface area contributed by atoms with Gasteiger partial charge in [-0.1, -0.05) is 13.0 Å².